The van der Waals surface area contributed by atoms with E-state index < -0.39 is 0 Å². The fraction of sp³-hybridized carbons (Fsp3) is 0.346. The number of anilines is 3. The molecule has 0 bridgehead atoms. The average Bonchev–Trinajstić information content (AvgIpc) is 2.90. The van der Waals surface area contributed by atoms with Gasteiger partial charge in [-0.3, -0.25) is 4.79 Å². The van der Waals surface area contributed by atoms with Gasteiger partial charge in [-0.1, -0.05) is 30.3 Å². The summed E-state index contributed by atoms with van der Waals surface area (Å²) in [5.41, 5.74) is 4.08. The molecule has 5 rings (SSSR count). The second kappa shape index (κ2) is 10.0. The first-order valence-corrected chi connectivity index (χ1v) is 11.6. The molecule has 1 atom stereocenters. The summed E-state index contributed by atoms with van der Waals surface area (Å²) in [4.78, 5) is 26.5. The van der Waals surface area contributed by atoms with Crippen LogP contribution < -0.4 is 15.1 Å². The van der Waals surface area contributed by atoms with Gasteiger partial charge in [-0.2, -0.15) is 0 Å². The number of nitrogens with zero attached hydrogens (tertiary/aromatic N) is 4. The van der Waals surface area contributed by atoms with E-state index in [1.54, 1.807) is 0 Å². The van der Waals surface area contributed by atoms with Gasteiger partial charge in [0.25, 0.3) is 0 Å². The monoisotopic (exact) mass is 443 g/mol. The number of nitrogens with one attached hydrogen (secondary N) is 1. The number of rotatable bonds is 5. The molecule has 0 spiro atoms. The molecule has 2 aliphatic rings. The number of aromatic nitrogens is 2. The van der Waals surface area contributed by atoms with Crippen LogP contribution in [0.4, 0.5) is 17.3 Å². The zero-order valence-electron chi connectivity index (χ0n) is 18.7. The van der Waals surface area contributed by atoms with E-state index in [0.717, 1.165) is 68.2 Å². The zero-order chi connectivity index (χ0) is 22.5. The molecule has 2 saturated heterocycles. The Morgan fingerprint density at radius 1 is 0.879 bits per heavy atom. The maximum Gasteiger partial charge on any atom is 0.229 e. The standard InChI is InChI=1S/C26H29N5O2/c32-25(29-23-8-10-24(11-9-23)30-13-15-33-16-14-30)21-7-4-12-31(19-21)26-27-17-22(18-28-26)20-5-2-1-3-6-20/h1-3,5-6,8-11,17-18,21H,4,7,12-16,19H2,(H,29,32). The van der Waals surface area contributed by atoms with Crippen LogP contribution in [-0.2, 0) is 9.53 Å². The number of ether oxygens (including phenoxy) is 1. The van der Waals surface area contributed by atoms with E-state index in [4.69, 9.17) is 4.74 Å². The van der Waals surface area contributed by atoms with Gasteiger partial charge in [-0.15, -0.1) is 0 Å². The van der Waals surface area contributed by atoms with Crippen LogP contribution >= 0.6 is 0 Å². The first-order valence-electron chi connectivity index (χ1n) is 11.6. The van der Waals surface area contributed by atoms with E-state index in [9.17, 15) is 4.79 Å². The fourth-order valence-corrected chi connectivity index (χ4v) is 4.46. The Hall–Kier alpha value is -3.45. The number of benzene rings is 2. The van der Waals surface area contributed by atoms with E-state index in [0.29, 0.717) is 12.5 Å². The van der Waals surface area contributed by atoms with Crippen molar-refractivity contribution >= 4 is 23.2 Å². The normalized spacial score (nSPS) is 18.7. The lowest BCUT2D eigenvalue weighted by atomic mass is 9.97. The minimum absolute atomic E-state index is 0.0553. The van der Waals surface area contributed by atoms with E-state index in [1.165, 1.54) is 0 Å². The Labute approximate surface area is 194 Å². The Bertz CT molecular complexity index is 1050. The first kappa shape index (κ1) is 21.4. The number of carbonyl (C=O) groups is 1. The van der Waals surface area contributed by atoms with Crippen LogP contribution in [0.2, 0.25) is 0 Å². The minimum Gasteiger partial charge on any atom is -0.378 e. The molecule has 1 N–H and O–H groups in total. The van der Waals surface area contributed by atoms with Crippen molar-refractivity contribution in [1.82, 2.24) is 9.97 Å². The molecular weight excluding hydrogens is 414 g/mol. The summed E-state index contributed by atoms with van der Waals surface area (Å²) in [5, 5.41) is 3.09. The summed E-state index contributed by atoms with van der Waals surface area (Å²) in [7, 11) is 0. The topological polar surface area (TPSA) is 70.6 Å². The predicted octanol–water partition coefficient (Wildman–Crippen LogP) is 3.84. The second-order valence-electron chi connectivity index (χ2n) is 8.56. The molecule has 7 nitrogen and oxygen atoms in total. The molecule has 2 fully saturated rings. The summed E-state index contributed by atoms with van der Waals surface area (Å²) in [6.45, 7) is 4.81. The van der Waals surface area contributed by atoms with Gasteiger partial charge in [-0.05, 0) is 42.7 Å². The SMILES string of the molecule is O=C(Nc1ccc(N2CCOCC2)cc1)C1CCCN(c2ncc(-c3ccccc3)cn2)C1. The third-order valence-corrected chi connectivity index (χ3v) is 6.33. The van der Waals surface area contributed by atoms with Gasteiger partial charge in [0.1, 0.15) is 0 Å². The number of piperidine rings is 1. The predicted molar refractivity (Wildman–Crippen MR) is 131 cm³/mol. The van der Waals surface area contributed by atoms with Gasteiger partial charge < -0.3 is 19.9 Å². The van der Waals surface area contributed by atoms with Crippen LogP contribution in [0.5, 0.6) is 0 Å². The lowest BCUT2D eigenvalue weighted by molar-refractivity contribution is -0.120. The van der Waals surface area contributed by atoms with Crippen molar-refractivity contribution in [2.45, 2.75) is 12.8 Å². The summed E-state index contributed by atoms with van der Waals surface area (Å²) in [5.74, 6) is 0.650. The summed E-state index contributed by atoms with van der Waals surface area (Å²) >= 11 is 0. The van der Waals surface area contributed by atoms with Crippen molar-refractivity contribution in [2.75, 3.05) is 54.5 Å². The fourth-order valence-electron chi connectivity index (χ4n) is 4.46. The highest BCUT2D eigenvalue weighted by Crippen LogP contribution is 2.25. The molecule has 3 aromatic rings. The van der Waals surface area contributed by atoms with Crippen molar-refractivity contribution < 1.29 is 9.53 Å². The van der Waals surface area contributed by atoms with Gasteiger partial charge in [0.15, 0.2) is 0 Å². The molecule has 0 radical (unpaired) electrons. The second-order valence-corrected chi connectivity index (χ2v) is 8.56. The molecule has 0 saturated carbocycles. The van der Waals surface area contributed by atoms with Crippen LogP contribution in [0.1, 0.15) is 12.8 Å². The van der Waals surface area contributed by atoms with Crippen LogP contribution in [0.3, 0.4) is 0 Å². The average molecular weight is 444 g/mol. The molecule has 0 aliphatic carbocycles. The maximum absolute atomic E-state index is 13.0. The lowest BCUT2D eigenvalue weighted by Crippen LogP contribution is -2.41. The van der Waals surface area contributed by atoms with Gasteiger partial charge in [0.2, 0.25) is 11.9 Å². The molecule has 170 valence electrons. The van der Waals surface area contributed by atoms with Crippen LogP contribution in [0, 0.1) is 5.92 Å². The smallest absolute Gasteiger partial charge is 0.229 e. The van der Waals surface area contributed by atoms with Crippen LogP contribution in [-0.4, -0.2) is 55.3 Å². The Morgan fingerprint density at radius 2 is 1.61 bits per heavy atom. The molecule has 2 aliphatic heterocycles. The molecule has 1 unspecified atom stereocenters. The maximum atomic E-state index is 13.0. The van der Waals surface area contributed by atoms with Gasteiger partial charge in [0, 0.05) is 55.5 Å². The van der Waals surface area contributed by atoms with Crippen molar-refractivity contribution in [3.63, 3.8) is 0 Å². The highest BCUT2D eigenvalue weighted by atomic mass is 16.5. The third-order valence-electron chi connectivity index (χ3n) is 6.33. The van der Waals surface area contributed by atoms with Crippen molar-refractivity contribution in [2.24, 2.45) is 5.92 Å². The zero-order valence-corrected chi connectivity index (χ0v) is 18.7. The van der Waals surface area contributed by atoms with Crippen molar-refractivity contribution in [3.8, 4) is 11.1 Å². The van der Waals surface area contributed by atoms with Crippen molar-refractivity contribution in [3.05, 3.63) is 67.0 Å². The Balaban J connectivity index is 1.19. The van der Waals surface area contributed by atoms with E-state index in [2.05, 4.69) is 37.2 Å². The number of morpholine rings is 1. The van der Waals surface area contributed by atoms with Crippen LogP contribution in [0.15, 0.2) is 67.0 Å². The summed E-state index contributed by atoms with van der Waals surface area (Å²) < 4.78 is 5.42. The molecule has 2 aromatic carbocycles. The first-order chi connectivity index (χ1) is 16.3. The highest BCUT2D eigenvalue weighted by Gasteiger charge is 2.27. The van der Waals surface area contributed by atoms with E-state index in [1.807, 2.05) is 54.9 Å². The Kier molecular flexibility index (Phi) is 6.48. The Morgan fingerprint density at radius 3 is 2.33 bits per heavy atom. The van der Waals surface area contributed by atoms with E-state index in [-0.39, 0.29) is 11.8 Å². The molecule has 33 heavy (non-hydrogen) atoms. The number of amides is 1. The van der Waals surface area contributed by atoms with Gasteiger partial charge in [-0.25, -0.2) is 9.97 Å². The van der Waals surface area contributed by atoms with E-state index >= 15 is 0 Å². The van der Waals surface area contributed by atoms with Gasteiger partial charge >= 0.3 is 0 Å². The third kappa shape index (κ3) is 5.14. The number of carbonyl (C=O) groups excluding carboxylic acids is 1. The lowest BCUT2D eigenvalue weighted by Gasteiger charge is -2.32. The molecule has 7 heteroatoms. The highest BCUT2D eigenvalue weighted by molar-refractivity contribution is 5.93. The largest absolute Gasteiger partial charge is 0.378 e. The molecule has 3 heterocycles. The minimum atomic E-state index is -0.0879. The molecular formula is C26H29N5O2. The number of hydrogen-bond donors (Lipinski definition) is 1. The number of hydrogen-bond acceptors (Lipinski definition) is 6. The quantitative estimate of drug-likeness (QED) is 0.646. The van der Waals surface area contributed by atoms with Gasteiger partial charge in [0.05, 0.1) is 19.1 Å². The summed E-state index contributed by atoms with van der Waals surface area (Å²) in [6, 6.07) is 18.2. The molecule has 1 aromatic heterocycles. The molecule has 1 amide bonds. The van der Waals surface area contributed by atoms with Crippen molar-refractivity contribution in [1.29, 1.82) is 0 Å². The summed E-state index contributed by atoms with van der Waals surface area (Å²) in [6.07, 6.45) is 5.53. The van der Waals surface area contributed by atoms with Crippen LogP contribution in [0.25, 0.3) is 11.1 Å².